The average Bonchev–Trinajstić information content (AvgIpc) is 3.37. The van der Waals surface area contributed by atoms with E-state index in [1.165, 1.54) is 0 Å². The highest BCUT2D eigenvalue weighted by atomic mass is 32.2. The quantitative estimate of drug-likeness (QED) is 0.697. The number of piperazine rings is 1. The van der Waals surface area contributed by atoms with Gasteiger partial charge in [-0.25, -0.2) is 13.4 Å². The van der Waals surface area contributed by atoms with Crippen molar-refractivity contribution >= 4 is 21.4 Å². The smallest absolute Gasteiger partial charge is 0.246 e. The van der Waals surface area contributed by atoms with Crippen LogP contribution in [0.25, 0.3) is 11.5 Å². The molecule has 0 spiro atoms. The van der Waals surface area contributed by atoms with E-state index in [-0.39, 0.29) is 0 Å². The van der Waals surface area contributed by atoms with E-state index in [1.54, 1.807) is 35.8 Å². The van der Waals surface area contributed by atoms with Gasteiger partial charge in [-0.1, -0.05) is 0 Å². The fourth-order valence-corrected chi connectivity index (χ4v) is 5.87. The number of aromatic amines is 1. The van der Waals surface area contributed by atoms with Crippen LogP contribution in [0.5, 0.6) is 0 Å². The number of nitrogens with zero attached hydrogens (tertiary/aromatic N) is 4. The van der Waals surface area contributed by atoms with Gasteiger partial charge in [0.05, 0.1) is 24.2 Å². The van der Waals surface area contributed by atoms with Gasteiger partial charge in [-0.15, -0.1) is 11.3 Å². The lowest BCUT2D eigenvalue weighted by atomic mass is 10.3. The Bertz CT molecular complexity index is 996. The predicted molar refractivity (Wildman–Crippen MR) is 102 cm³/mol. The molecule has 10 heteroatoms. The number of furan rings is 1. The van der Waals surface area contributed by atoms with Crippen LogP contribution in [0.3, 0.4) is 0 Å². The Kier molecular flexibility index (Phi) is 4.89. The van der Waals surface area contributed by atoms with Gasteiger partial charge in [-0.2, -0.15) is 9.40 Å². The topological polar surface area (TPSA) is 95.3 Å². The van der Waals surface area contributed by atoms with Crippen LogP contribution in [0.1, 0.15) is 16.4 Å². The molecule has 144 valence electrons. The Morgan fingerprint density at radius 2 is 2.04 bits per heavy atom. The average molecular weight is 408 g/mol. The summed E-state index contributed by atoms with van der Waals surface area (Å²) in [4.78, 5) is 7.15. The van der Waals surface area contributed by atoms with Crippen molar-refractivity contribution in [3.63, 3.8) is 0 Å². The summed E-state index contributed by atoms with van der Waals surface area (Å²) in [7, 11) is -3.51. The number of hydrogen-bond donors (Lipinski definition) is 1. The molecular formula is C17H21N5O3S2. The van der Waals surface area contributed by atoms with Crippen molar-refractivity contribution in [2.45, 2.75) is 25.3 Å². The number of nitrogens with one attached hydrogen (secondary N) is 1. The van der Waals surface area contributed by atoms with Gasteiger partial charge < -0.3 is 4.42 Å². The zero-order valence-electron chi connectivity index (χ0n) is 15.2. The van der Waals surface area contributed by atoms with Crippen molar-refractivity contribution < 1.29 is 12.8 Å². The molecule has 0 radical (unpaired) electrons. The normalized spacial score (nSPS) is 16.8. The fourth-order valence-electron chi connectivity index (χ4n) is 3.29. The molecule has 3 aromatic rings. The highest BCUT2D eigenvalue weighted by Crippen LogP contribution is 2.25. The highest BCUT2D eigenvalue weighted by Gasteiger charge is 2.32. The van der Waals surface area contributed by atoms with Crippen LogP contribution in [0, 0.1) is 13.8 Å². The lowest BCUT2D eigenvalue weighted by Gasteiger charge is -2.33. The first-order valence-electron chi connectivity index (χ1n) is 8.67. The number of aryl methyl sites for hydroxylation is 2. The standard InChI is InChI=1S/C17H21N5O3S2/c1-12-17(13(2)20-19-12)27(23,24)22-7-5-21(6-8-22)10-16-18-14(11-26-16)15-4-3-9-25-15/h3-4,9,11H,5-8,10H2,1-2H3,(H,19,20). The largest absolute Gasteiger partial charge is 0.463 e. The van der Waals surface area contributed by atoms with Gasteiger partial charge in [0.15, 0.2) is 5.76 Å². The third-order valence-corrected chi connectivity index (χ3v) is 7.67. The van der Waals surface area contributed by atoms with Crippen molar-refractivity contribution in [3.8, 4) is 11.5 Å². The molecule has 0 saturated carbocycles. The van der Waals surface area contributed by atoms with E-state index in [0.717, 1.165) is 16.5 Å². The van der Waals surface area contributed by atoms with Gasteiger partial charge in [0.2, 0.25) is 10.0 Å². The summed E-state index contributed by atoms with van der Waals surface area (Å²) in [5.74, 6) is 0.763. The second kappa shape index (κ2) is 7.19. The highest BCUT2D eigenvalue weighted by molar-refractivity contribution is 7.89. The SMILES string of the molecule is Cc1n[nH]c(C)c1S(=O)(=O)N1CCN(Cc2nc(-c3ccco3)cs2)CC1. The second-order valence-electron chi connectivity index (χ2n) is 6.55. The molecule has 1 saturated heterocycles. The van der Waals surface area contributed by atoms with Crippen LogP contribution in [-0.4, -0.2) is 59.0 Å². The maximum absolute atomic E-state index is 12.9. The van der Waals surface area contributed by atoms with Crippen LogP contribution >= 0.6 is 11.3 Å². The molecule has 1 fully saturated rings. The van der Waals surface area contributed by atoms with Crippen LogP contribution < -0.4 is 0 Å². The van der Waals surface area contributed by atoms with Crippen LogP contribution in [-0.2, 0) is 16.6 Å². The third kappa shape index (κ3) is 3.57. The molecule has 8 nitrogen and oxygen atoms in total. The van der Waals surface area contributed by atoms with Crippen molar-refractivity contribution in [1.29, 1.82) is 0 Å². The summed E-state index contributed by atoms with van der Waals surface area (Å²) < 4.78 is 32.8. The monoisotopic (exact) mass is 407 g/mol. The number of rotatable bonds is 5. The van der Waals surface area contributed by atoms with Crippen molar-refractivity contribution in [1.82, 2.24) is 24.4 Å². The molecule has 0 unspecified atom stereocenters. The minimum atomic E-state index is -3.51. The summed E-state index contributed by atoms with van der Waals surface area (Å²) in [6.45, 7) is 6.43. The number of hydrogen-bond acceptors (Lipinski definition) is 7. The zero-order valence-corrected chi connectivity index (χ0v) is 16.8. The van der Waals surface area contributed by atoms with Gasteiger partial charge in [-0.3, -0.25) is 10.00 Å². The van der Waals surface area contributed by atoms with E-state index in [4.69, 9.17) is 4.42 Å². The molecule has 3 aromatic heterocycles. The van der Waals surface area contributed by atoms with Gasteiger partial charge >= 0.3 is 0 Å². The lowest BCUT2D eigenvalue weighted by molar-refractivity contribution is 0.181. The molecule has 0 bridgehead atoms. The minimum absolute atomic E-state index is 0.305. The molecule has 0 amide bonds. The minimum Gasteiger partial charge on any atom is -0.463 e. The van der Waals surface area contributed by atoms with Crippen LogP contribution in [0.15, 0.2) is 33.1 Å². The first-order valence-corrected chi connectivity index (χ1v) is 11.0. The number of sulfonamides is 1. The van der Waals surface area contributed by atoms with Crippen LogP contribution in [0.4, 0.5) is 0 Å². The van der Waals surface area contributed by atoms with E-state index in [2.05, 4.69) is 20.1 Å². The molecule has 0 aliphatic carbocycles. The Labute approximate surface area is 161 Å². The van der Waals surface area contributed by atoms with E-state index < -0.39 is 10.0 Å². The Morgan fingerprint density at radius 3 is 2.67 bits per heavy atom. The molecule has 0 aromatic carbocycles. The van der Waals surface area contributed by atoms with Crippen LogP contribution in [0.2, 0.25) is 0 Å². The first kappa shape index (κ1) is 18.4. The van der Waals surface area contributed by atoms with Gasteiger partial charge in [0, 0.05) is 31.6 Å². The molecule has 1 aliphatic rings. The van der Waals surface area contributed by atoms with Gasteiger partial charge in [-0.05, 0) is 26.0 Å². The summed E-state index contributed by atoms with van der Waals surface area (Å²) in [6.07, 6.45) is 1.64. The molecular weight excluding hydrogens is 386 g/mol. The Balaban J connectivity index is 1.39. The first-order chi connectivity index (χ1) is 12.9. The summed E-state index contributed by atoms with van der Waals surface area (Å²) >= 11 is 1.59. The Hall–Kier alpha value is -2.01. The van der Waals surface area contributed by atoms with E-state index >= 15 is 0 Å². The van der Waals surface area contributed by atoms with E-state index in [9.17, 15) is 8.42 Å². The zero-order chi connectivity index (χ0) is 19.0. The summed E-state index contributed by atoms with van der Waals surface area (Å²) in [5.41, 5.74) is 1.94. The molecule has 1 aliphatic heterocycles. The third-order valence-electron chi connectivity index (χ3n) is 4.67. The second-order valence-corrected chi connectivity index (χ2v) is 9.36. The fraction of sp³-hybridized carbons (Fsp3) is 0.412. The summed E-state index contributed by atoms with van der Waals surface area (Å²) in [6, 6.07) is 3.74. The van der Waals surface area contributed by atoms with Crippen molar-refractivity contribution in [3.05, 3.63) is 40.2 Å². The molecule has 27 heavy (non-hydrogen) atoms. The number of H-pyrrole nitrogens is 1. The number of thiazole rings is 1. The van der Waals surface area contributed by atoms with Crippen molar-refractivity contribution in [2.24, 2.45) is 0 Å². The maximum atomic E-state index is 12.9. The molecule has 1 N–H and O–H groups in total. The molecule has 4 rings (SSSR count). The van der Waals surface area contributed by atoms with Gasteiger partial charge in [0.1, 0.15) is 15.6 Å². The van der Waals surface area contributed by atoms with E-state index in [0.29, 0.717) is 49.0 Å². The molecule has 0 atom stereocenters. The van der Waals surface area contributed by atoms with E-state index in [1.807, 2.05) is 17.5 Å². The van der Waals surface area contributed by atoms with Gasteiger partial charge in [0.25, 0.3) is 0 Å². The lowest BCUT2D eigenvalue weighted by Crippen LogP contribution is -2.48. The summed E-state index contributed by atoms with van der Waals surface area (Å²) in [5, 5.41) is 9.76. The predicted octanol–water partition coefficient (Wildman–Crippen LogP) is 2.25. The number of aromatic nitrogens is 3. The Morgan fingerprint density at radius 1 is 1.26 bits per heavy atom. The van der Waals surface area contributed by atoms with Crippen molar-refractivity contribution in [2.75, 3.05) is 26.2 Å². The maximum Gasteiger partial charge on any atom is 0.246 e. The molecule has 4 heterocycles.